The molecule has 0 atom stereocenters. The van der Waals surface area contributed by atoms with Gasteiger partial charge in [-0.2, -0.15) is 0 Å². The van der Waals surface area contributed by atoms with E-state index in [9.17, 15) is 15.0 Å². The molecule has 8 heteroatoms. The number of aromatic nitrogens is 2. The minimum atomic E-state index is -1.23. The second kappa shape index (κ2) is 5.45. The maximum Gasteiger partial charge on any atom is 0.358 e. The monoisotopic (exact) mass is 316 g/mol. The van der Waals surface area contributed by atoms with Crippen LogP contribution < -0.4 is 0 Å². The number of aromatic hydroxyl groups is 1. The Morgan fingerprint density at radius 1 is 1.18 bits per heavy atom. The quantitative estimate of drug-likeness (QED) is 0.717. The highest BCUT2D eigenvalue weighted by Gasteiger charge is 2.18. The number of rotatable bonds is 3. The Morgan fingerprint density at radius 3 is 2.68 bits per heavy atom. The third-order valence-electron chi connectivity index (χ3n) is 2.89. The van der Waals surface area contributed by atoms with Gasteiger partial charge in [0.1, 0.15) is 17.1 Å². The van der Waals surface area contributed by atoms with Gasteiger partial charge in [-0.25, -0.2) is 9.78 Å². The lowest BCUT2D eigenvalue weighted by molar-refractivity contribution is 0.0692. The molecule has 0 unspecified atom stereocenters. The molecule has 0 aliphatic carbocycles. The Morgan fingerprint density at radius 2 is 1.95 bits per heavy atom. The van der Waals surface area contributed by atoms with Crippen LogP contribution in [-0.2, 0) is 0 Å². The Balaban J connectivity index is 2.16. The number of hydrogen-bond donors (Lipinski definition) is 2. The number of nitrogens with zero attached hydrogens (tertiary/aromatic N) is 4. The number of pyridine rings is 1. The van der Waals surface area contributed by atoms with Crippen molar-refractivity contribution in [3.63, 3.8) is 0 Å². The lowest BCUT2D eigenvalue weighted by Crippen LogP contribution is -1.96. The van der Waals surface area contributed by atoms with Crippen molar-refractivity contribution in [2.75, 3.05) is 0 Å². The van der Waals surface area contributed by atoms with Crippen molar-refractivity contribution in [1.82, 2.24) is 9.38 Å². The van der Waals surface area contributed by atoms with Gasteiger partial charge in [0.25, 0.3) is 0 Å². The molecule has 1 aromatic carbocycles. The van der Waals surface area contributed by atoms with Crippen molar-refractivity contribution < 1.29 is 15.0 Å². The third-order valence-corrected chi connectivity index (χ3v) is 3.12. The van der Waals surface area contributed by atoms with Crippen molar-refractivity contribution in [1.29, 1.82) is 0 Å². The van der Waals surface area contributed by atoms with Crippen molar-refractivity contribution in [3.05, 3.63) is 53.3 Å². The lowest BCUT2D eigenvalue weighted by atomic mass is 10.3. The number of para-hydroxylation sites is 1. The average molecular weight is 317 g/mol. The number of fused-ring (bicyclic) bond motifs is 1. The number of benzene rings is 1. The molecule has 3 aromatic rings. The standard InChI is InChI=1S/C14H9ClN4O3/c15-8-5-6-11-16-12(14(21)22)13(19(11)7-8)18-17-9-3-1-2-4-10(9)20/h1-7,20H,(H,21,22). The van der Waals surface area contributed by atoms with Gasteiger partial charge in [-0.1, -0.05) is 23.7 Å². The summed E-state index contributed by atoms with van der Waals surface area (Å²) in [4.78, 5) is 15.3. The zero-order chi connectivity index (χ0) is 15.7. The summed E-state index contributed by atoms with van der Waals surface area (Å²) in [7, 11) is 0. The highest BCUT2D eigenvalue weighted by Crippen LogP contribution is 2.29. The van der Waals surface area contributed by atoms with Gasteiger partial charge in [0, 0.05) is 6.20 Å². The minimum absolute atomic E-state index is 0.0215. The molecule has 7 nitrogen and oxygen atoms in total. The first-order chi connectivity index (χ1) is 10.6. The van der Waals surface area contributed by atoms with Gasteiger partial charge in [0.05, 0.1) is 5.02 Å². The number of aromatic carboxylic acids is 1. The van der Waals surface area contributed by atoms with Crippen LogP contribution in [0.2, 0.25) is 5.02 Å². The van der Waals surface area contributed by atoms with Crippen LogP contribution in [0.25, 0.3) is 5.65 Å². The van der Waals surface area contributed by atoms with E-state index < -0.39 is 5.97 Å². The van der Waals surface area contributed by atoms with E-state index in [-0.39, 0.29) is 22.9 Å². The molecule has 22 heavy (non-hydrogen) atoms. The zero-order valence-electron chi connectivity index (χ0n) is 11.0. The van der Waals surface area contributed by atoms with Crippen LogP contribution in [0.5, 0.6) is 5.75 Å². The zero-order valence-corrected chi connectivity index (χ0v) is 11.8. The minimum Gasteiger partial charge on any atom is -0.506 e. The van der Waals surface area contributed by atoms with E-state index in [0.717, 1.165) is 0 Å². The first-order valence-electron chi connectivity index (χ1n) is 6.17. The number of imidazole rings is 1. The van der Waals surface area contributed by atoms with Gasteiger partial charge in [-0.05, 0) is 24.3 Å². The molecule has 2 aromatic heterocycles. The summed E-state index contributed by atoms with van der Waals surface area (Å²) < 4.78 is 1.43. The van der Waals surface area contributed by atoms with Gasteiger partial charge in [-0.3, -0.25) is 4.40 Å². The van der Waals surface area contributed by atoms with E-state index >= 15 is 0 Å². The molecule has 0 bridgehead atoms. The molecule has 0 saturated heterocycles. The van der Waals surface area contributed by atoms with E-state index in [0.29, 0.717) is 10.7 Å². The molecular formula is C14H9ClN4O3. The SMILES string of the molecule is O=C(O)c1nc2ccc(Cl)cn2c1N=Nc1ccccc1O. The fourth-order valence-electron chi connectivity index (χ4n) is 1.90. The van der Waals surface area contributed by atoms with E-state index in [1.807, 2.05) is 0 Å². The van der Waals surface area contributed by atoms with Gasteiger partial charge < -0.3 is 10.2 Å². The van der Waals surface area contributed by atoms with Gasteiger partial charge in [0.15, 0.2) is 11.5 Å². The Bertz CT molecular complexity index is 904. The van der Waals surface area contributed by atoms with E-state index in [4.69, 9.17) is 11.6 Å². The van der Waals surface area contributed by atoms with E-state index in [1.54, 1.807) is 30.3 Å². The highest BCUT2D eigenvalue weighted by molar-refractivity contribution is 6.30. The summed E-state index contributed by atoms with van der Waals surface area (Å²) >= 11 is 5.91. The second-order valence-electron chi connectivity index (χ2n) is 4.35. The summed E-state index contributed by atoms with van der Waals surface area (Å²) in [6.07, 6.45) is 1.50. The first-order valence-corrected chi connectivity index (χ1v) is 6.54. The number of phenols is 1. The van der Waals surface area contributed by atoms with Crippen LogP contribution in [0.4, 0.5) is 11.5 Å². The number of azo groups is 1. The largest absolute Gasteiger partial charge is 0.506 e. The molecule has 3 rings (SSSR count). The fourth-order valence-corrected chi connectivity index (χ4v) is 2.06. The van der Waals surface area contributed by atoms with Crippen LogP contribution in [0.15, 0.2) is 52.8 Å². The molecule has 2 N–H and O–H groups in total. The van der Waals surface area contributed by atoms with Crippen molar-refractivity contribution in [2.24, 2.45) is 10.2 Å². The third kappa shape index (κ3) is 2.49. The molecule has 0 radical (unpaired) electrons. The molecule has 2 heterocycles. The second-order valence-corrected chi connectivity index (χ2v) is 4.79. The average Bonchev–Trinajstić information content (AvgIpc) is 2.84. The number of hydrogen-bond acceptors (Lipinski definition) is 5. The first kappa shape index (κ1) is 14.0. The number of halogens is 1. The summed E-state index contributed by atoms with van der Waals surface area (Å²) in [6.45, 7) is 0. The summed E-state index contributed by atoms with van der Waals surface area (Å²) in [5.74, 6) is -1.27. The molecule has 0 aliphatic heterocycles. The maximum absolute atomic E-state index is 11.3. The van der Waals surface area contributed by atoms with Crippen LogP contribution in [0.1, 0.15) is 10.5 Å². The summed E-state index contributed by atoms with van der Waals surface area (Å²) in [5, 5.41) is 27.1. The predicted molar refractivity (Wildman–Crippen MR) is 79.4 cm³/mol. The summed E-state index contributed by atoms with van der Waals surface area (Å²) in [5.41, 5.74) is 0.352. The van der Waals surface area contributed by atoms with Crippen LogP contribution in [-0.4, -0.2) is 25.6 Å². The van der Waals surface area contributed by atoms with Gasteiger partial charge in [-0.15, -0.1) is 10.2 Å². The lowest BCUT2D eigenvalue weighted by Gasteiger charge is -1.98. The van der Waals surface area contributed by atoms with Crippen molar-refractivity contribution in [3.8, 4) is 5.75 Å². The molecule has 0 fully saturated rings. The van der Waals surface area contributed by atoms with Crippen molar-refractivity contribution >= 4 is 34.7 Å². The maximum atomic E-state index is 11.3. The molecular weight excluding hydrogens is 308 g/mol. The molecule has 0 saturated carbocycles. The Hall–Kier alpha value is -2.93. The van der Waals surface area contributed by atoms with Crippen molar-refractivity contribution in [2.45, 2.75) is 0 Å². The number of carboxylic acids is 1. The normalized spacial score (nSPS) is 11.3. The van der Waals surface area contributed by atoms with E-state index in [2.05, 4.69) is 15.2 Å². The molecule has 0 aliphatic rings. The Labute approximate surface area is 129 Å². The number of phenolic OH excluding ortho intramolecular Hbond substituents is 1. The highest BCUT2D eigenvalue weighted by atomic mass is 35.5. The Kier molecular flexibility index (Phi) is 3.48. The fraction of sp³-hybridized carbons (Fsp3) is 0. The predicted octanol–water partition coefficient (Wildman–Crippen LogP) is 3.81. The van der Waals surface area contributed by atoms with Crippen LogP contribution >= 0.6 is 11.6 Å². The number of carboxylic acid groups (broad SMARTS) is 1. The molecule has 0 amide bonds. The smallest absolute Gasteiger partial charge is 0.358 e. The van der Waals surface area contributed by atoms with Crippen LogP contribution in [0, 0.1) is 0 Å². The molecule has 110 valence electrons. The summed E-state index contributed by atoms with van der Waals surface area (Å²) in [6, 6.07) is 9.50. The van der Waals surface area contributed by atoms with Gasteiger partial charge >= 0.3 is 5.97 Å². The molecule has 0 spiro atoms. The van der Waals surface area contributed by atoms with E-state index in [1.165, 1.54) is 16.7 Å². The number of carbonyl (C=O) groups is 1. The topological polar surface area (TPSA) is 99.5 Å². The van der Waals surface area contributed by atoms with Gasteiger partial charge in [0.2, 0.25) is 0 Å². The van der Waals surface area contributed by atoms with Crippen LogP contribution in [0.3, 0.4) is 0 Å².